The summed E-state index contributed by atoms with van der Waals surface area (Å²) in [5.41, 5.74) is 15.7. The summed E-state index contributed by atoms with van der Waals surface area (Å²) in [5.74, 6) is 2.48. The van der Waals surface area contributed by atoms with E-state index in [1.54, 1.807) is 0 Å². The first-order valence-electron chi connectivity index (χ1n) is 21.9. The van der Waals surface area contributed by atoms with E-state index >= 15 is 0 Å². The molecule has 0 amide bonds. The van der Waals surface area contributed by atoms with Crippen LogP contribution in [-0.2, 0) is 0 Å². The zero-order valence-electron chi connectivity index (χ0n) is 35.8. The van der Waals surface area contributed by atoms with Crippen molar-refractivity contribution in [2.75, 3.05) is 0 Å². The highest BCUT2D eigenvalue weighted by Gasteiger charge is 2.21. The third-order valence-corrected chi connectivity index (χ3v) is 11.7. The highest BCUT2D eigenvalue weighted by Crippen LogP contribution is 2.43. The van der Waals surface area contributed by atoms with Gasteiger partial charge in [-0.05, 0) is 51.6 Å². The molecule has 6 nitrogen and oxygen atoms in total. The van der Waals surface area contributed by atoms with E-state index in [1.807, 2.05) is 109 Å². The van der Waals surface area contributed by atoms with Gasteiger partial charge in [-0.15, -0.1) is 0 Å². The van der Waals surface area contributed by atoms with Gasteiger partial charge in [0.15, 0.2) is 23.3 Å². The Balaban J connectivity index is 1.04. The molecular formula is C60H40N6. The van der Waals surface area contributed by atoms with E-state index in [4.69, 9.17) is 29.9 Å². The summed E-state index contributed by atoms with van der Waals surface area (Å²) in [6, 6.07) is 80.9. The Bertz CT molecular complexity index is 3360. The molecule has 8 aromatic carbocycles. The summed E-state index contributed by atoms with van der Waals surface area (Å²) in [5, 5.41) is 0. The van der Waals surface area contributed by atoms with Crippen LogP contribution in [0.3, 0.4) is 0 Å². The minimum absolute atomic E-state index is 0.589. The first-order chi connectivity index (χ1) is 32.7. The van der Waals surface area contributed by atoms with Crippen molar-refractivity contribution in [1.29, 1.82) is 0 Å². The minimum atomic E-state index is 0.589. The highest BCUT2D eigenvalue weighted by atomic mass is 15.0. The molecule has 0 atom stereocenters. The lowest BCUT2D eigenvalue weighted by Gasteiger charge is -2.18. The summed E-state index contributed by atoms with van der Waals surface area (Å²) in [4.78, 5) is 30.4. The fourth-order valence-corrected chi connectivity index (χ4v) is 8.40. The van der Waals surface area contributed by atoms with Crippen molar-refractivity contribution in [1.82, 2.24) is 29.9 Å². The molecule has 11 aromatic rings. The van der Waals surface area contributed by atoms with Crippen LogP contribution in [0.25, 0.3) is 113 Å². The molecule has 0 unspecified atom stereocenters. The van der Waals surface area contributed by atoms with Gasteiger partial charge in [0.1, 0.15) is 0 Å². The lowest BCUT2D eigenvalue weighted by Crippen LogP contribution is -2.01. The molecule has 0 saturated heterocycles. The van der Waals surface area contributed by atoms with E-state index < -0.39 is 0 Å². The lowest BCUT2D eigenvalue weighted by atomic mass is 9.87. The van der Waals surface area contributed by atoms with Crippen molar-refractivity contribution in [3.05, 3.63) is 243 Å². The largest absolute Gasteiger partial charge is 0.256 e. The molecule has 0 bridgehead atoms. The van der Waals surface area contributed by atoms with Crippen LogP contribution in [0, 0.1) is 0 Å². The molecule has 0 aliphatic carbocycles. The SMILES string of the molecule is c1ccc(-c2ccc(-c3nc(-c4ccccc4)cc(-c4ccc(-c5c(-c6ccccn6)cccc5-c5ccccc5-c5nc(-c6ccccc6)nc(-c6ccccc6)n5)cc4)n3)cc2)cc1. The number of hydrogen-bond donors (Lipinski definition) is 0. The molecule has 3 heterocycles. The first-order valence-corrected chi connectivity index (χ1v) is 21.9. The van der Waals surface area contributed by atoms with Gasteiger partial charge >= 0.3 is 0 Å². The van der Waals surface area contributed by atoms with E-state index in [-0.39, 0.29) is 0 Å². The van der Waals surface area contributed by atoms with Crippen LogP contribution in [0.5, 0.6) is 0 Å². The lowest BCUT2D eigenvalue weighted by molar-refractivity contribution is 1.07. The maximum Gasteiger partial charge on any atom is 0.164 e. The van der Waals surface area contributed by atoms with Crippen LogP contribution in [0.15, 0.2) is 243 Å². The fraction of sp³-hybridized carbons (Fsp3) is 0. The summed E-state index contributed by atoms with van der Waals surface area (Å²) >= 11 is 0. The zero-order chi connectivity index (χ0) is 44.1. The number of nitrogens with zero attached hydrogens (tertiary/aromatic N) is 6. The van der Waals surface area contributed by atoms with Crippen molar-refractivity contribution in [2.45, 2.75) is 0 Å². The topological polar surface area (TPSA) is 77.3 Å². The number of pyridine rings is 1. The second-order valence-corrected chi connectivity index (χ2v) is 15.9. The molecular weight excluding hydrogens is 805 g/mol. The van der Waals surface area contributed by atoms with Crippen molar-refractivity contribution < 1.29 is 0 Å². The maximum absolute atomic E-state index is 5.20. The molecule has 0 spiro atoms. The Hall–Kier alpha value is -9.00. The first kappa shape index (κ1) is 39.8. The van der Waals surface area contributed by atoms with Crippen LogP contribution >= 0.6 is 0 Å². The normalized spacial score (nSPS) is 11.0. The van der Waals surface area contributed by atoms with Crippen LogP contribution < -0.4 is 0 Å². The second kappa shape index (κ2) is 18.0. The number of benzene rings is 8. The van der Waals surface area contributed by atoms with Gasteiger partial charge in [-0.2, -0.15) is 0 Å². The molecule has 0 aliphatic heterocycles. The average molecular weight is 845 g/mol. The van der Waals surface area contributed by atoms with Crippen LogP contribution in [-0.4, -0.2) is 29.9 Å². The quantitative estimate of drug-likeness (QED) is 0.136. The molecule has 310 valence electrons. The monoisotopic (exact) mass is 844 g/mol. The molecule has 0 fully saturated rings. The van der Waals surface area contributed by atoms with E-state index in [1.165, 1.54) is 5.56 Å². The van der Waals surface area contributed by atoms with Crippen molar-refractivity contribution in [2.24, 2.45) is 0 Å². The van der Waals surface area contributed by atoms with E-state index in [9.17, 15) is 0 Å². The average Bonchev–Trinajstić information content (AvgIpc) is 3.42. The third-order valence-electron chi connectivity index (χ3n) is 11.7. The van der Waals surface area contributed by atoms with Crippen molar-refractivity contribution >= 4 is 0 Å². The maximum atomic E-state index is 5.20. The predicted molar refractivity (Wildman–Crippen MR) is 268 cm³/mol. The number of aromatic nitrogens is 6. The van der Waals surface area contributed by atoms with Gasteiger partial charge in [0.25, 0.3) is 0 Å². The summed E-state index contributed by atoms with van der Waals surface area (Å²) in [6.45, 7) is 0. The minimum Gasteiger partial charge on any atom is -0.256 e. The van der Waals surface area contributed by atoms with Gasteiger partial charge in [0, 0.05) is 45.1 Å². The van der Waals surface area contributed by atoms with Gasteiger partial charge in [-0.1, -0.05) is 218 Å². The molecule has 0 N–H and O–H groups in total. The molecule has 6 heteroatoms. The van der Waals surface area contributed by atoms with Gasteiger partial charge in [-0.3, -0.25) is 4.98 Å². The Morgan fingerprint density at radius 2 is 0.606 bits per heavy atom. The van der Waals surface area contributed by atoms with Crippen LogP contribution in [0.1, 0.15) is 0 Å². The van der Waals surface area contributed by atoms with Gasteiger partial charge in [0.2, 0.25) is 0 Å². The fourth-order valence-electron chi connectivity index (χ4n) is 8.40. The van der Waals surface area contributed by atoms with Crippen LogP contribution in [0.4, 0.5) is 0 Å². The number of hydrogen-bond acceptors (Lipinski definition) is 6. The van der Waals surface area contributed by atoms with E-state index in [0.29, 0.717) is 23.3 Å². The molecule has 66 heavy (non-hydrogen) atoms. The second-order valence-electron chi connectivity index (χ2n) is 15.9. The summed E-state index contributed by atoms with van der Waals surface area (Å²) in [6.07, 6.45) is 1.84. The number of rotatable bonds is 10. The highest BCUT2D eigenvalue weighted by molar-refractivity contribution is 5.97. The van der Waals surface area contributed by atoms with Gasteiger partial charge in [-0.25, -0.2) is 24.9 Å². The molecule has 0 saturated carbocycles. The standard InChI is InChI=1S/C60H40N6/c1-5-18-41(19-6-1)42-31-37-48(38-32-42)57-62-54(43-20-7-2-8-21-43)40-55(63-57)44-33-35-45(36-34-44)56-50(28-17-29-52(56)53-30-15-16-39-61-53)49-26-13-14-27-51(49)60-65-58(46-22-9-3-10-23-46)64-59(66-60)47-24-11-4-12-25-47/h1-40H. The zero-order valence-corrected chi connectivity index (χ0v) is 35.8. The Kier molecular flexibility index (Phi) is 10.9. The van der Waals surface area contributed by atoms with Crippen molar-refractivity contribution in [3.8, 4) is 113 Å². The van der Waals surface area contributed by atoms with Crippen LogP contribution in [0.2, 0.25) is 0 Å². The Labute approximate surface area is 383 Å². The summed E-state index contributed by atoms with van der Waals surface area (Å²) in [7, 11) is 0. The third kappa shape index (κ3) is 8.18. The summed E-state index contributed by atoms with van der Waals surface area (Å²) < 4.78 is 0. The van der Waals surface area contributed by atoms with Gasteiger partial charge < -0.3 is 0 Å². The Morgan fingerprint density at radius 1 is 0.212 bits per heavy atom. The predicted octanol–water partition coefficient (Wildman–Crippen LogP) is 14.7. The van der Waals surface area contributed by atoms with E-state index in [2.05, 4.69) is 133 Å². The molecule has 3 aromatic heterocycles. The van der Waals surface area contributed by atoms with E-state index in [0.717, 1.165) is 83.8 Å². The van der Waals surface area contributed by atoms with Crippen molar-refractivity contribution in [3.63, 3.8) is 0 Å². The smallest absolute Gasteiger partial charge is 0.164 e. The molecule has 0 radical (unpaired) electrons. The van der Waals surface area contributed by atoms with Gasteiger partial charge in [0.05, 0.1) is 17.1 Å². The molecule has 0 aliphatic rings. The molecule has 11 rings (SSSR count). The Morgan fingerprint density at radius 3 is 1.20 bits per heavy atom.